The summed E-state index contributed by atoms with van der Waals surface area (Å²) in [7, 11) is 2.06. The second kappa shape index (κ2) is 11.0. The molecule has 0 saturated heterocycles. The maximum absolute atomic E-state index is 5.95. The van der Waals surface area contributed by atoms with E-state index < -0.39 is 0 Å². The van der Waals surface area contributed by atoms with Crippen molar-refractivity contribution in [3.05, 3.63) is 59.1 Å². The molecule has 8 heteroatoms. The van der Waals surface area contributed by atoms with E-state index in [0.29, 0.717) is 5.92 Å². The van der Waals surface area contributed by atoms with Gasteiger partial charge in [0.2, 0.25) is 0 Å². The number of nitrogens with zero attached hydrogens (tertiary/aromatic N) is 5. The first kappa shape index (κ1) is 25.9. The van der Waals surface area contributed by atoms with E-state index in [2.05, 4.69) is 76.3 Å². The van der Waals surface area contributed by atoms with E-state index in [1.165, 1.54) is 42.5 Å². The number of nitrogens with one attached hydrogen (secondary N) is 1. The monoisotopic (exact) mass is 540 g/mol. The van der Waals surface area contributed by atoms with Crippen molar-refractivity contribution < 1.29 is 4.42 Å². The Bertz CT molecular complexity index is 1640. The molecule has 1 atom stereocenters. The number of aryl methyl sites for hydroxylation is 3. The maximum Gasteiger partial charge on any atom is 0.195 e. The number of rotatable bonds is 8. The first-order valence-electron chi connectivity index (χ1n) is 14.1. The van der Waals surface area contributed by atoms with Crippen molar-refractivity contribution in [3.63, 3.8) is 0 Å². The molecule has 1 aliphatic rings. The third-order valence-electron chi connectivity index (χ3n) is 7.98. The van der Waals surface area contributed by atoms with Gasteiger partial charge in [-0.2, -0.15) is 0 Å². The molecule has 1 N–H and O–H groups in total. The van der Waals surface area contributed by atoms with Crippen LogP contribution < -0.4 is 5.32 Å². The van der Waals surface area contributed by atoms with E-state index in [1.54, 1.807) is 11.8 Å². The number of aromatic nitrogens is 5. The Morgan fingerprint density at radius 1 is 1.10 bits per heavy atom. The molecule has 202 valence electrons. The molecule has 3 aromatic heterocycles. The Kier molecular flexibility index (Phi) is 7.30. The Morgan fingerprint density at radius 2 is 2.00 bits per heavy atom. The van der Waals surface area contributed by atoms with Gasteiger partial charge in [0.15, 0.2) is 22.5 Å². The van der Waals surface area contributed by atoms with Crippen molar-refractivity contribution in [2.75, 3.05) is 17.6 Å². The van der Waals surface area contributed by atoms with E-state index >= 15 is 0 Å². The van der Waals surface area contributed by atoms with Gasteiger partial charge < -0.3 is 14.3 Å². The number of fused-ring (bicyclic) bond motifs is 3. The van der Waals surface area contributed by atoms with Gasteiger partial charge >= 0.3 is 0 Å². The van der Waals surface area contributed by atoms with Gasteiger partial charge in [-0.05, 0) is 68.7 Å². The van der Waals surface area contributed by atoms with Gasteiger partial charge in [0, 0.05) is 54.2 Å². The SMILES string of the molecule is CCc1nc2c(C)c3c(cc2o1)NCC(CCCCSc1nnc(-c2cccc4nc(C)ccc24)n1C)CC3. The van der Waals surface area contributed by atoms with Gasteiger partial charge in [-0.3, -0.25) is 4.98 Å². The normalized spacial score (nSPS) is 15.4. The van der Waals surface area contributed by atoms with Crippen LogP contribution >= 0.6 is 11.8 Å². The summed E-state index contributed by atoms with van der Waals surface area (Å²) in [5.74, 6) is 3.43. The highest BCUT2D eigenvalue weighted by molar-refractivity contribution is 7.99. The summed E-state index contributed by atoms with van der Waals surface area (Å²) in [5.41, 5.74) is 8.94. The molecule has 0 amide bonds. The number of pyridine rings is 1. The summed E-state index contributed by atoms with van der Waals surface area (Å²) in [6, 6.07) is 12.6. The fourth-order valence-corrected chi connectivity index (χ4v) is 6.63. The van der Waals surface area contributed by atoms with Crippen LogP contribution in [0.2, 0.25) is 0 Å². The Balaban J connectivity index is 1.02. The highest BCUT2D eigenvalue weighted by Gasteiger charge is 2.21. The molecule has 0 bridgehead atoms. The van der Waals surface area contributed by atoms with Crippen LogP contribution in [0.5, 0.6) is 0 Å². The first-order valence-corrected chi connectivity index (χ1v) is 15.0. The van der Waals surface area contributed by atoms with Crippen LogP contribution in [0.4, 0.5) is 5.69 Å². The van der Waals surface area contributed by atoms with Crippen LogP contribution in [-0.2, 0) is 19.9 Å². The lowest BCUT2D eigenvalue weighted by molar-refractivity contribution is 0.461. The summed E-state index contributed by atoms with van der Waals surface area (Å²) in [5, 5.41) is 14.9. The van der Waals surface area contributed by atoms with Crippen LogP contribution in [0, 0.1) is 19.8 Å². The van der Waals surface area contributed by atoms with Crippen LogP contribution in [0.15, 0.2) is 46.0 Å². The minimum Gasteiger partial charge on any atom is -0.441 e. The summed E-state index contributed by atoms with van der Waals surface area (Å²) < 4.78 is 8.06. The smallest absolute Gasteiger partial charge is 0.195 e. The number of thioether (sulfide) groups is 1. The third-order valence-corrected chi connectivity index (χ3v) is 9.08. The van der Waals surface area contributed by atoms with Gasteiger partial charge in [0.05, 0.1) is 5.52 Å². The lowest BCUT2D eigenvalue weighted by Crippen LogP contribution is -2.12. The minimum atomic E-state index is 0.678. The summed E-state index contributed by atoms with van der Waals surface area (Å²) in [4.78, 5) is 9.39. The summed E-state index contributed by atoms with van der Waals surface area (Å²) >= 11 is 1.80. The zero-order valence-electron chi connectivity index (χ0n) is 23.3. The molecule has 0 aliphatic carbocycles. The molecule has 0 fully saturated rings. The minimum absolute atomic E-state index is 0.678. The van der Waals surface area contributed by atoms with Gasteiger partial charge in [-0.15, -0.1) is 10.2 Å². The van der Waals surface area contributed by atoms with Crippen LogP contribution in [0.1, 0.15) is 55.3 Å². The van der Waals surface area contributed by atoms with E-state index in [-0.39, 0.29) is 0 Å². The number of anilines is 1. The molecule has 0 saturated carbocycles. The first-order chi connectivity index (χ1) is 19.0. The predicted molar refractivity (Wildman–Crippen MR) is 159 cm³/mol. The van der Waals surface area contributed by atoms with E-state index in [0.717, 1.165) is 75.3 Å². The highest BCUT2D eigenvalue weighted by atomic mass is 32.2. The molecule has 0 radical (unpaired) electrons. The second-order valence-corrected chi connectivity index (χ2v) is 11.7. The second-order valence-electron chi connectivity index (χ2n) is 10.7. The molecule has 2 aromatic carbocycles. The summed E-state index contributed by atoms with van der Waals surface area (Å²) in [6.45, 7) is 7.32. The lowest BCUT2D eigenvalue weighted by Gasteiger charge is -2.14. The van der Waals surface area contributed by atoms with Crippen molar-refractivity contribution in [1.82, 2.24) is 24.7 Å². The number of unbranched alkanes of at least 4 members (excludes halogenated alkanes) is 1. The summed E-state index contributed by atoms with van der Waals surface area (Å²) in [6.07, 6.45) is 6.77. The fraction of sp³-hybridized carbons (Fsp3) is 0.419. The van der Waals surface area contributed by atoms with Gasteiger partial charge in [0.1, 0.15) is 5.52 Å². The van der Waals surface area contributed by atoms with Crippen molar-refractivity contribution in [1.29, 1.82) is 0 Å². The van der Waals surface area contributed by atoms with Crippen molar-refractivity contribution in [2.24, 2.45) is 13.0 Å². The molecular formula is C31H36N6OS. The van der Waals surface area contributed by atoms with Crippen LogP contribution in [0.25, 0.3) is 33.4 Å². The standard InChI is InChI=1S/C31H36N6OS/c1-5-28-34-29-20(3)22-15-13-21(18-32-26(22)17-27(29)38-28)9-6-7-16-39-31-36-35-30(37(31)4)24-10-8-11-25-23(24)14-12-19(2)33-25/h8,10-12,14,17,21,32H,5-7,9,13,15-16,18H2,1-4H3. The quantitative estimate of drug-likeness (QED) is 0.163. The van der Waals surface area contributed by atoms with E-state index in [9.17, 15) is 0 Å². The fourth-order valence-electron chi connectivity index (χ4n) is 5.72. The molecule has 4 heterocycles. The molecule has 1 unspecified atom stereocenters. The van der Waals surface area contributed by atoms with Crippen molar-refractivity contribution in [2.45, 2.75) is 64.5 Å². The van der Waals surface area contributed by atoms with Crippen LogP contribution in [-0.4, -0.2) is 37.0 Å². The predicted octanol–water partition coefficient (Wildman–Crippen LogP) is 7.29. The topological polar surface area (TPSA) is 81.7 Å². The highest BCUT2D eigenvalue weighted by Crippen LogP contribution is 2.34. The lowest BCUT2D eigenvalue weighted by atomic mass is 9.94. The van der Waals surface area contributed by atoms with Crippen molar-refractivity contribution >= 4 is 39.5 Å². The van der Waals surface area contributed by atoms with Gasteiger partial charge in [-0.25, -0.2) is 4.98 Å². The number of oxazole rings is 1. The largest absolute Gasteiger partial charge is 0.441 e. The number of benzene rings is 2. The maximum atomic E-state index is 5.95. The average molecular weight is 541 g/mol. The number of hydrogen-bond acceptors (Lipinski definition) is 7. The molecule has 0 spiro atoms. The van der Waals surface area contributed by atoms with Crippen LogP contribution in [0.3, 0.4) is 0 Å². The zero-order chi connectivity index (χ0) is 26.9. The molecule has 7 nitrogen and oxygen atoms in total. The van der Waals surface area contributed by atoms with E-state index in [1.807, 2.05) is 13.0 Å². The number of hydrogen-bond donors (Lipinski definition) is 1. The van der Waals surface area contributed by atoms with Gasteiger partial charge in [0.25, 0.3) is 0 Å². The molecular weight excluding hydrogens is 504 g/mol. The molecule has 1 aliphatic heterocycles. The van der Waals surface area contributed by atoms with Crippen molar-refractivity contribution in [3.8, 4) is 11.4 Å². The molecule has 5 aromatic rings. The Labute approximate surface area is 233 Å². The zero-order valence-corrected chi connectivity index (χ0v) is 24.1. The molecule has 39 heavy (non-hydrogen) atoms. The average Bonchev–Trinajstić information content (AvgIpc) is 3.46. The Hall–Kier alpha value is -3.39. The van der Waals surface area contributed by atoms with Gasteiger partial charge in [-0.1, -0.05) is 43.3 Å². The van der Waals surface area contributed by atoms with E-state index in [4.69, 9.17) is 9.40 Å². The third kappa shape index (κ3) is 5.14. The molecule has 6 rings (SSSR count). The Morgan fingerprint density at radius 3 is 2.87 bits per heavy atom.